The highest BCUT2D eigenvalue weighted by molar-refractivity contribution is 6.35. The summed E-state index contributed by atoms with van der Waals surface area (Å²) >= 11 is 12.3. The minimum absolute atomic E-state index is 0.180. The molecule has 7 nitrogen and oxygen atoms in total. The van der Waals surface area contributed by atoms with Gasteiger partial charge in [0.05, 0.1) is 24.2 Å². The van der Waals surface area contributed by atoms with Crippen LogP contribution in [0.1, 0.15) is 43.7 Å². The minimum Gasteiger partial charge on any atom is -0.388 e. The van der Waals surface area contributed by atoms with Crippen molar-refractivity contribution in [2.75, 3.05) is 0 Å². The highest BCUT2D eigenvalue weighted by atomic mass is 35.5. The summed E-state index contributed by atoms with van der Waals surface area (Å²) < 4.78 is 1.59. The van der Waals surface area contributed by atoms with Gasteiger partial charge in [-0.2, -0.15) is 0 Å². The molecule has 30 heavy (non-hydrogen) atoms. The maximum absolute atomic E-state index is 12.8. The molecule has 156 valence electrons. The van der Waals surface area contributed by atoms with Gasteiger partial charge in [0.25, 0.3) is 5.56 Å². The highest BCUT2D eigenvalue weighted by Crippen LogP contribution is 2.39. The Morgan fingerprint density at radius 3 is 2.77 bits per heavy atom. The van der Waals surface area contributed by atoms with Gasteiger partial charge in [0.15, 0.2) is 0 Å². The summed E-state index contributed by atoms with van der Waals surface area (Å²) in [7, 11) is 0. The zero-order valence-corrected chi connectivity index (χ0v) is 18.0. The van der Waals surface area contributed by atoms with Crippen LogP contribution in [0.15, 0.2) is 47.7 Å². The van der Waals surface area contributed by atoms with E-state index in [0.717, 1.165) is 0 Å². The van der Waals surface area contributed by atoms with Gasteiger partial charge in [0.1, 0.15) is 12.2 Å². The van der Waals surface area contributed by atoms with Gasteiger partial charge in [-0.1, -0.05) is 29.3 Å². The van der Waals surface area contributed by atoms with E-state index in [4.69, 9.17) is 28.2 Å². The molecule has 9 heteroatoms. The normalized spacial score (nSPS) is 18.6. The van der Waals surface area contributed by atoms with Crippen molar-refractivity contribution in [3.05, 3.63) is 74.6 Å². The SMILES string of the molecule is CC1(C)NCn2c(nc(-c3ccncn3)cc2=O)C1C[C@H](O)c1ccc(Cl)cc1Cl. The number of nitrogens with one attached hydrogen (secondary N) is 1. The van der Waals surface area contributed by atoms with Crippen LogP contribution in [-0.4, -0.2) is 30.2 Å². The molecule has 3 heterocycles. The number of fused-ring (bicyclic) bond motifs is 1. The highest BCUT2D eigenvalue weighted by Gasteiger charge is 2.39. The summed E-state index contributed by atoms with van der Waals surface area (Å²) in [6.45, 7) is 4.40. The summed E-state index contributed by atoms with van der Waals surface area (Å²) in [5, 5.41) is 15.2. The van der Waals surface area contributed by atoms with Crippen LogP contribution >= 0.6 is 23.2 Å². The van der Waals surface area contributed by atoms with E-state index in [9.17, 15) is 9.90 Å². The standard InChI is InChI=1S/C21H21Cl2N5O2/c1-21(2)14(8-18(29)13-4-3-12(22)7-15(13)23)20-27-17(16-5-6-24-10-25-16)9-19(30)28(20)11-26-21/h3-7,9-10,14,18,26,29H,8,11H2,1-2H3/t14?,18-/m0/s1. The molecule has 1 unspecified atom stereocenters. The lowest BCUT2D eigenvalue weighted by Gasteiger charge is -2.41. The zero-order valence-electron chi connectivity index (χ0n) is 16.5. The summed E-state index contributed by atoms with van der Waals surface area (Å²) in [5.41, 5.74) is 1.05. The van der Waals surface area contributed by atoms with E-state index in [-0.39, 0.29) is 11.5 Å². The number of hydrogen-bond donors (Lipinski definition) is 2. The summed E-state index contributed by atoms with van der Waals surface area (Å²) in [5.74, 6) is 0.339. The molecule has 1 aliphatic rings. The molecular weight excluding hydrogens is 425 g/mol. The molecule has 2 atom stereocenters. The lowest BCUT2D eigenvalue weighted by molar-refractivity contribution is 0.119. The van der Waals surface area contributed by atoms with Crippen molar-refractivity contribution in [3.8, 4) is 11.4 Å². The first-order valence-electron chi connectivity index (χ1n) is 9.52. The molecule has 0 aliphatic carbocycles. The Labute approximate surface area is 183 Å². The van der Waals surface area contributed by atoms with Crippen LogP contribution in [0.2, 0.25) is 10.0 Å². The average molecular weight is 446 g/mol. The number of halogens is 2. The Morgan fingerprint density at radius 1 is 1.27 bits per heavy atom. The fraction of sp³-hybridized carbons (Fsp3) is 0.333. The first-order valence-corrected chi connectivity index (χ1v) is 10.3. The van der Waals surface area contributed by atoms with Crippen molar-refractivity contribution in [1.29, 1.82) is 0 Å². The number of rotatable bonds is 4. The second-order valence-corrected chi connectivity index (χ2v) is 8.73. The number of aromatic nitrogens is 4. The quantitative estimate of drug-likeness (QED) is 0.637. The molecule has 2 aromatic heterocycles. The Bertz CT molecular complexity index is 1130. The number of hydrogen-bond acceptors (Lipinski definition) is 6. The van der Waals surface area contributed by atoms with Crippen molar-refractivity contribution in [2.24, 2.45) is 0 Å². The van der Waals surface area contributed by atoms with E-state index in [0.29, 0.717) is 45.9 Å². The van der Waals surface area contributed by atoms with Gasteiger partial charge in [-0.15, -0.1) is 0 Å². The Balaban J connectivity index is 1.76. The van der Waals surface area contributed by atoms with Crippen molar-refractivity contribution >= 4 is 23.2 Å². The smallest absolute Gasteiger partial charge is 0.255 e. The predicted octanol–water partition coefficient (Wildman–Crippen LogP) is 3.55. The van der Waals surface area contributed by atoms with E-state index < -0.39 is 11.6 Å². The van der Waals surface area contributed by atoms with Gasteiger partial charge in [-0.3, -0.25) is 14.7 Å². The van der Waals surface area contributed by atoms with Crippen molar-refractivity contribution in [1.82, 2.24) is 24.8 Å². The van der Waals surface area contributed by atoms with Crippen LogP contribution in [0, 0.1) is 0 Å². The van der Waals surface area contributed by atoms with Crippen molar-refractivity contribution in [2.45, 2.75) is 44.5 Å². The Morgan fingerprint density at radius 2 is 2.07 bits per heavy atom. The largest absolute Gasteiger partial charge is 0.388 e. The maximum atomic E-state index is 12.8. The van der Waals surface area contributed by atoms with E-state index in [1.54, 1.807) is 35.0 Å². The lowest BCUT2D eigenvalue weighted by atomic mass is 9.80. The first-order chi connectivity index (χ1) is 14.3. The van der Waals surface area contributed by atoms with Gasteiger partial charge in [-0.05, 0) is 44.0 Å². The van der Waals surface area contributed by atoms with E-state index in [1.807, 2.05) is 13.8 Å². The molecule has 0 amide bonds. The topological polar surface area (TPSA) is 92.9 Å². The third-order valence-corrected chi connectivity index (χ3v) is 6.10. The monoisotopic (exact) mass is 445 g/mol. The molecule has 1 aliphatic heterocycles. The van der Waals surface area contributed by atoms with Crippen LogP contribution in [0.3, 0.4) is 0 Å². The second-order valence-electron chi connectivity index (χ2n) is 7.89. The molecular formula is C21H21Cl2N5O2. The molecule has 0 spiro atoms. The van der Waals surface area contributed by atoms with Crippen molar-refractivity contribution < 1.29 is 5.11 Å². The van der Waals surface area contributed by atoms with Gasteiger partial charge < -0.3 is 5.11 Å². The fourth-order valence-corrected chi connectivity index (χ4v) is 4.31. The molecule has 2 N–H and O–H groups in total. The molecule has 0 saturated heterocycles. The number of nitrogens with zero attached hydrogens (tertiary/aromatic N) is 4. The van der Waals surface area contributed by atoms with Crippen molar-refractivity contribution in [3.63, 3.8) is 0 Å². The van der Waals surface area contributed by atoms with Crippen LogP contribution in [0.5, 0.6) is 0 Å². The third-order valence-electron chi connectivity index (χ3n) is 5.54. The van der Waals surface area contributed by atoms with Crippen LogP contribution in [-0.2, 0) is 6.67 Å². The molecule has 0 bridgehead atoms. The number of aliphatic hydroxyl groups excluding tert-OH is 1. The van der Waals surface area contributed by atoms with Crippen LogP contribution in [0.25, 0.3) is 11.4 Å². The lowest BCUT2D eigenvalue weighted by Crippen LogP contribution is -2.53. The second kappa shape index (κ2) is 8.07. The number of benzene rings is 1. The number of aliphatic hydroxyl groups is 1. The maximum Gasteiger partial charge on any atom is 0.255 e. The van der Waals surface area contributed by atoms with E-state index in [1.165, 1.54) is 12.4 Å². The molecule has 1 aromatic carbocycles. The summed E-state index contributed by atoms with van der Waals surface area (Å²) in [6.07, 6.45) is 2.49. The summed E-state index contributed by atoms with van der Waals surface area (Å²) in [6, 6.07) is 8.20. The first kappa shape index (κ1) is 20.9. The minimum atomic E-state index is -0.855. The molecule has 0 radical (unpaired) electrons. The molecule has 0 saturated carbocycles. The van der Waals surface area contributed by atoms with Gasteiger partial charge >= 0.3 is 0 Å². The average Bonchev–Trinajstić information content (AvgIpc) is 2.70. The Hall–Kier alpha value is -2.32. The predicted molar refractivity (Wildman–Crippen MR) is 116 cm³/mol. The third kappa shape index (κ3) is 3.98. The molecule has 0 fully saturated rings. The van der Waals surface area contributed by atoms with Crippen LogP contribution < -0.4 is 10.9 Å². The van der Waals surface area contributed by atoms with Gasteiger partial charge in [-0.25, -0.2) is 15.0 Å². The fourth-order valence-electron chi connectivity index (χ4n) is 3.77. The molecule has 3 aromatic rings. The van der Waals surface area contributed by atoms with Gasteiger partial charge in [0, 0.05) is 33.8 Å². The Kier molecular flexibility index (Phi) is 5.63. The molecule has 4 rings (SSSR count). The van der Waals surface area contributed by atoms with Gasteiger partial charge in [0.2, 0.25) is 0 Å². The van der Waals surface area contributed by atoms with E-state index >= 15 is 0 Å². The summed E-state index contributed by atoms with van der Waals surface area (Å²) in [4.78, 5) is 25.7. The van der Waals surface area contributed by atoms with E-state index in [2.05, 4.69) is 15.3 Å². The zero-order chi connectivity index (χ0) is 21.5. The van der Waals surface area contributed by atoms with Crippen LogP contribution in [0.4, 0.5) is 0 Å².